The fourth-order valence-electron chi connectivity index (χ4n) is 4.58. The third kappa shape index (κ3) is 5.22. The summed E-state index contributed by atoms with van der Waals surface area (Å²) < 4.78 is 51.3. The van der Waals surface area contributed by atoms with Gasteiger partial charge in [-0.25, -0.2) is 0 Å². The van der Waals surface area contributed by atoms with Gasteiger partial charge >= 0.3 is 6.18 Å². The van der Waals surface area contributed by atoms with Crippen LogP contribution in [0.2, 0.25) is 0 Å². The summed E-state index contributed by atoms with van der Waals surface area (Å²) in [5, 5.41) is 8.56. The quantitative estimate of drug-likeness (QED) is 0.599. The van der Waals surface area contributed by atoms with Crippen LogP contribution < -0.4 is 4.90 Å². The van der Waals surface area contributed by atoms with Crippen molar-refractivity contribution in [3.63, 3.8) is 0 Å². The second kappa shape index (κ2) is 9.95. The standard InChI is InChI=1S/C22H32F3N7O2/c1-16(2)13-30-7-8-31(15-19(30)33)21-27-26-20(17-5-4-6-28(17)3)32(21)14-18(22(23,24)25)29-9-11-34-12-10-29/h4-6,16,18H,7-15H2,1-3H3. The maximum atomic E-state index is 14.2. The van der Waals surface area contributed by atoms with Crippen molar-refractivity contribution >= 4 is 11.9 Å². The number of nitrogens with zero attached hydrogens (tertiary/aromatic N) is 7. The van der Waals surface area contributed by atoms with Crippen molar-refractivity contribution in [3.8, 4) is 11.5 Å². The molecule has 0 aromatic carbocycles. The van der Waals surface area contributed by atoms with Crippen LogP contribution in [0.5, 0.6) is 0 Å². The van der Waals surface area contributed by atoms with Crippen LogP contribution in [0.1, 0.15) is 13.8 Å². The molecule has 0 spiro atoms. The highest BCUT2D eigenvalue weighted by Gasteiger charge is 2.45. The average Bonchev–Trinajstić information content (AvgIpc) is 3.38. The van der Waals surface area contributed by atoms with Gasteiger partial charge in [-0.15, -0.1) is 10.2 Å². The van der Waals surface area contributed by atoms with E-state index in [0.29, 0.717) is 37.1 Å². The monoisotopic (exact) mass is 483 g/mol. The minimum absolute atomic E-state index is 0.0598. The highest BCUT2D eigenvalue weighted by molar-refractivity contribution is 5.82. The van der Waals surface area contributed by atoms with Gasteiger partial charge in [-0.05, 0) is 18.1 Å². The highest BCUT2D eigenvalue weighted by Crippen LogP contribution is 2.31. The van der Waals surface area contributed by atoms with Crippen LogP contribution in [0.4, 0.5) is 19.1 Å². The number of aromatic nitrogens is 4. The number of morpholine rings is 1. The first kappa shape index (κ1) is 24.5. The van der Waals surface area contributed by atoms with E-state index in [1.165, 1.54) is 9.47 Å². The van der Waals surface area contributed by atoms with E-state index >= 15 is 0 Å². The molecule has 2 aromatic heterocycles. The number of carbonyl (C=O) groups excluding carboxylic acids is 1. The molecule has 9 nitrogen and oxygen atoms in total. The Morgan fingerprint density at radius 3 is 2.41 bits per heavy atom. The molecular formula is C22H32F3N7O2. The van der Waals surface area contributed by atoms with Crippen molar-refractivity contribution in [1.82, 2.24) is 29.1 Å². The zero-order valence-corrected chi connectivity index (χ0v) is 19.8. The summed E-state index contributed by atoms with van der Waals surface area (Å²) >= 11 is 0. The molecule has 1 amide bonds. The first-order valence-corrected chi connectivity index (χ1v) is 11.6. The molecule has 0 radical (unpaired) electrons. The third-order valence-corrected chi connectivity index (χ3v) is 6.31. The first-order valence-electron chi connectivity index (χ1n) is 11.6. The molecule has 4 rings (SSSR count). The normalized spacial score (nSPS) is 19.3. The van der Waals surface area contributed by atoms with Crippen molar-refractivity contribution < 1.29 is 22.7 Å². The van der Waals surface area contributed by atoms with Crippen LogP contribution in [-0.2, 0) is 23.1 Å². The molecule has 0 bridgehead atoms. The van der Waals surface area contributed by atoms with Crippen LogP contribution in [0.25, 0.3) is 11.5 Å². The van der Waals surface area contributed by atoms with Crippen LogP contribution >= 0.6 is 0 Å². The summed E-state index contributed by atoms with van der Waals surface area (Å²) in [5.41, 5.74) is 0.659. The smallest absolute Gasteiger partial charge is 0.379 e. The molecule has 2 saturated heterocycles. The van der Waals surface area contributed by atoms with Gasteiger partial charge < -0.3 is 19.1 Å². The van der Waals surface area contributed by atoms with E-state index in [9.17, 15) is 18.0 Å². The summed E-state index contributed by atoms with van der Waals surface area (Å²) in [4.78, 5) is 17.7. The van der Waals surface area contributed by atoms with Crippen molar-refractivity contribution in [2.75, 3.05) is 57.4 Å². The number of ether oxygens (including phenoxy) is 1. The summed E-state index contributed by atoms with van der Waals surface area (Å²) in [5.74, 6) is 0.915. The molecule has 188 valence electrons. The lowest BCUT2D eigenvalue weighted by Gasteiger charge is -2.38. The molecule has 2 aliphatic heterocycles. The van der Waals surface area contributed by atoms with Crippen molar-refractivity contribution in [1.29, 1.82) is 0 Å². The number of anilines is 1. The lowest BCUT2D eigenvalue weighted by Crippen LogP contribution is -2.54. The van der Waals surface area contributed by atoms with Gasteiger partial charge in [0.05, 0.1) is 32.0 Å². The Balaban J connectivity index is 1.68. The zero-order valence-electron chi connectivity index (χ0n) is 19.8. The predicted octanol–water partition coefficient (Wildman–Crippen LogP) is 1.85. The Bertz CT molecular complexity index is 982. The predicted molar refractivity (Wildman–Crippen MR) is 120 cm³/mol. The third-order valence-electron chi connectivity index (χ3n) is 6.31. The van der Waals surface area contributed by atoms with E-state index in [4.69, 9.17) is 4.74 Å². The first-order chi connectivity index (χ1) is 16.1. The van der Waals surface area contributed by atoms with Crippen molar-refractivity contribution in [2.24, 2.45) is 13.0 Å². The number of rotatable bonds is 7. The van der Waals surface area contributed by atoms with E-state index in [0.717, 1.165) is 0 Å². The maximum Gasteiger partial charge on any atom is 0.405 e. The van der Waals surface area contributed by atoms with Crippen LogP contribution in [0.15, 0.2) is 18.3 Å². The second-order valence-electron chi connectivity index (χ2n) is 9.30. The Morgan fingerprint density at radius 2 is 1.82 bits per heavy atom. The van der Waals surface area contributed by atoms with E-state index < -0.39 is 12.2 Å². The Hall–Kier alpha value is -2.60. The van der Waals surface area contributed by atoms with Gasteiger partial charge in [-0.1, -0.05) is 13.8 Å². The van der Waals surface area contributed by atoms with Gasteiger partial charge in [-0.3, -0.25) is 14.3 Å². The van der Waals surface area contributed by atoms with Crippen LogP contribution in [0.3, 0.4) is 0 Å². The molecule has 0 aliphatic carbocycles. The van der Waals surface area contributed by atoms with Gasteiger partial charge in [0.25, 0.3) is 0 Å². The van der Waals surface area contributed by atoms with E-state index in [-0.39, 0.29) is 51.2 Å². The number of hydrogen-bond acceptors (Lipinski definition) is 6. The van der Waals surface area contributed by atoms with E-state index in [1.54, 1.807) is 20.4 Å². The second-order valence-corrected chi connectivity index (χ2v) is 9.30. The molecule has 1 atom stereocenters. The zero-order chi connectivity index (χ0) is 24.5. The fourth-order valence-corrected chi connectivity index (χ4v) is 4.58. The number of hydrogen-bond donors (Lipinski definition) is 0. The molecule has 2 fully saturated rings. The van der Waals surface area contributed by atoms with Crippen molar-refractivity contribution in [3.05, 3.63) is 18.3 Å². The molecule has 2 aromatic rings. The molecule has 0 N–H and O–H groups in total. The maximum absolute atomic E-state index is 14.2. The molecule has 1 unspecified atom stereocenters. The molecule has 4 heterocycles. The van der Waals surface area contributed by atoms with E-state index in [1.807, 2.05) is 33.2 Å². The minimum Gasteiger partial charge on any atom is -0.379 e. The van der Waals surface area contributed by atoms with Gasteiger partial charge in [0, 0.05) is 46.0 Å². The van der Waals surface area contributed by atoms with Crippen molar-refractivity contribution in [2.45, 2.75) is 32.6 Å². The van der Waals surface area contributed by atoms with Gasteiger partial charge in [0.15, 0.2) is 5.82 Å². The Labute approximate surface area is 197 Å². The Morgan fingerprint density at radius 1 is 1.09 bits per heavy atom. The molecular weight excluding hydrogens is 451 g/mol. The Kier molecular flexibility index (Phi) is 7.17. The number of carbonyl (C=O) groups is 1. The van der Waals surface area contributed by atoms with Gasteiger partial charge in [-0.2, -0.15) is 13.2 Å². The lowest BCUT2D eigenvalue weighted by molar-refractivity contribution is -0.195. The summed E-state index contributed by atoms with van der Waals surface area (Å²) in [6.45, 7) is 6.35. The topological polar surface area (TPSA) is 71.7 Å². The van der Waals surface area contributed by atoms with E-state index in [2.05, 4.69) is 10.2 Å². The summed E-state index contributed by atoms with van der Waals surface area (Å²) in [7, 11) is 1.81. The minimum atomic E-state index is -4.45. The molecule has 12 heteroatoms. The number of amides is 1. The number of alkyl halides is 3. The largest absolute Gasteiger partial charge is 0.405 e. The van der Waals surface area contributed by atoms with Gasteiger partial charge in [0.1, 0.15) is 6.04 Å². The van der Waals surface area contributed by atoms with Gasteiger partial charge in [0.2, 0.25) is 11.9 Å². The van der Waals surface area contributed by atoms with Crippen LogP contribution in [0, 0.1) is 5.92 Å². The fraction of sp³-hybridized carbons (Fsp3) is 0.682. The molecule has 34 heavy (non-hydrogen) atoms. The number of piperazine rings is 1. The lowest BCUT2D eigenvalue weighted by atomic mass is 10.2. The number of aryl methyl sites for hydroxylation is 1. The molecule has 0 saturated carbocycles. The number of halogens is 3. The average molecular weight is 484 g/mol. The SMILES string of the molecule is CC(C)CN1CCN(c2nnc(-c3cccn3C)n2CC(N2CCOCC2)C(F)(F)F)CC1=O. The van der Waals surface area contributed by atoms with Crippen LogP contribution in [-0.4, -0.2) is 99.7 Å². The molecule has 2 aliphatic rings. The summed E-state index contributed by atoms with van der Waals surface area (Å²) in [6.07, 6.45) is -2.64. The summed E-state index contributed by atoms with van der Waals surface area (Å²) in [6, 6.07) is 1.89. The highest BCUT2D eigenvalue weighted by atomic mass is 19.4.